The summed E-state index contributed by atoms with van der Waals surface area (Å²) in [5.41, 5.74) is 7.54. The zero-order valence-corrected chi connectivity index (χ0v) is 16.0. The molecule has 1 aliphatic heterocycles. The van der Waals surface area contributed by atoms with Crippen LogP contribution < -0.4 is 10.6 Å². The van der Waals surface area contributed by atoms with E-state index < -0.39 is 0 Å². The van der Waals surface area contributed by atoms with Crippen LogP contribution in [0.5, 0.6) is 0 Å². The molecule has 150 valence electrons. The molecule has 1 atom stereocenters. The van der Waals surface area contributed by atoms with Crippen LogP contribution in [0.3, 0.4) is 0 Å². The molecule has 1 saturated heterocycles. The number of carbonyl (C=O) groups is 1. The molecule has 2 aromatic carbocycles. The van der Waals surface area contributed by atoms with E-state index in [4.69, 9.17) is 5.73 Å². The van der Waals surface area contributed by atoms with Gasteiger partial charge in [-0.15, -0.1) is 5.10 Å². The van der Waals surface area contributed by atoms with E-state index in [1.807, 2.05) is 30.3 Å². The summed E-state index contributed by atoms with van der Waals surface area (Å²) in [4.78, 5) is 12.8. The third kappa shape index (κ3) is 4.32. The lowest BCUT2D eigenvalue weighted by Gasteiger charge is -2.33. The minimum atomic E-state index is -0.279. The molecule has 2 heterocycles. The van der Waals surface area contributed by atoms with Gasteiger partial charge in [0, 0.05) is 24.3 Å². The Bertz CT molecular complexity index is 951. The number of carbonyl (C=O) groups excluding carboxylic acids is 1. The maximum atomic E-state index is 13.5. The molecule has 0 aliphatic carbocycles. The van der Waals surface area contributed by atoms with Gasteiger partial charge in [-0.2, -0.15) is 0 Å². The van der Waals surface area contributed by atoms with Crippen molar-refractivity contribution in [2.24, 2.45) is 11.7 Å². The van der Waals surface area contributed by atoms with Crippen LogP contribution >= 0.6 is 0 Å². The van der Waals surface area contributed by atoms with Crippen molar-refractivity contribution in [3.8, 4) is 0 Å². The van der Waals surface area contributed by atoms with Crippen LogP contribution in [0.15, 0.2) is 54.6 Å². The second-order valence-corrected chi connectivity index (χ2v) is 7.50. The molecule has 1 amide bonds. The molecule has 8 heteroatoms. The number of aromatic nitrogens is 4. The summed E-state index contributed by atoms with van der Waals surface area (Å²) in [6.45, 7) is 2.10. The summed E-state index contributed by atoms with van der Waals surface area (Å²) in [5, 5.41) is 12.5. The monoisotopic (exact) mass is 395 g/mol. The number of benzene rings is 2. The summed E-state index contributed by atoms with van der Waals surface area (Å²) in [6, 6.07) is 16.3. The predicted octanol–water partition coefficient (Wildman–Crippen LogP) is 0.730. The number of tetrazole rings is 1. The van der Waals surface area contributed by atoms with Crippen LogP contribution in [-0.4, -0.2) is 39.2 Å². The summed E-state index contributed by atoms with van der Waals surface area (Å²) in [7, 11) is 0. The van der Waals surface area contributed by atoms with Gasteiger partial charge in [0.2, 0.25) is 11.7 Å². The molecule has 1 aromatic heterocycles. The number of nitrogens with zero attached hydrogens (tertiary/aromatic N) is 4. The van der Waals surface area contributed by atoms with Gasteiger partial charge in [-0.25, -0.2) is 9.07 Å². The molecule has 3 N–H and O–H groups in total. The van der Waals surface area contributed by atoms with Crippen molar-refractivity contribution < 1.29 is 14.1 Å². The van der Waals surface area contributed by atoms with Crippen molar-refractivity contribution >= 4 is 5.91 Å². The highest BCUT2D eigenvalue weighted by Crippen LogP contribution is 2.20. The number of piperidine rings is 1. The molecule has 0 unspecified atom stereocenters. The molecule has 0 saturated carbocycles. The molecule has 1 fully saturated rings. The van der Waals surface area contributed by atoms with E-state index in [-0.39, 0.29) is 23.7 Å². The second kappa shape index (κ2) is 8.48. The van der Waals surface area contributed by atoms with Gasteiger partial charge in [0.15, 0.2) is 6.04 Å². The first kappa shape index (κ1) is 19.2. The number of hydrogen-bond donors (Lipinski definition) is 2. The van der Waals surface area contributed by atoms with Gasteiger partial charge < -0.3 is 10.6 Å². The number of primary amides is 1. The molecular formula is C21H24FN6O+. The van der Waals surface area contributed by atoms with Gasteiger partial charge in [-0.05, 0) is 40.3 Å². The Balaban J connectivity index is 1.66. The lowest BCUT2D eigenvalue weighted by Crippen LogP contribution is -3.13. The molecule has 1 aliphatic rings. The number of hydrogen-bond acceptors (Lipinski definition) is 4. The van der Waals surface area contributed by atoms with Gasteiger partial charge in [0.05, 0.1) is 19.6 Å². The zero-order chi connectivity index (χ0) is 20.2. The lowest BCUT2D eigenvalue weighted by atomic mass is 9.93. The standard InChI is InChI=1S/C21H23FN6O/c22-18-8-6-16(7-9-18)19(27-12-10-17(11-13-27)20(23)29)21-24-25-26-28(21)14-15-4-2-1-3-5-15/h1-9,17,19H,10-14H2,(H2,23,29)/p+1/t19-/m1/s1. The van der Waals surface area contributed by atoms with E-state index in [0.29, 0.717) is 6.54 Å². The number of nitrogens with two attached hydrogens (primary N) is 1. The molecular weight excluding hydrogens is 371 g/mol. The quantitative estimate of drug-likeness (QED) is 0.644. The van der Waals surface area contributed by atoms with Crippen molar-refractivity contribution in [1.29, 1.82) is 0 Å². The number of amides is 1. The summed E-state index contributed by atoms with van der Waals surface area (Å²) >= 11 is 0. The summed E-state index contributed by atoms with van der Waals surface area (Å²) in [6.07, 6.45) is 1.45. The second-order valence-electron chi connectivity index (χ2n) is 7.50. The Labute approximate surface area is 168 Å². The minimum Gasteiger partial charge on any atom is -0.369 e. The maximum absolute atomic E-state index is 13.5. The number of nitrogens with one attached hydrogen (secondary N) is 1. The average molecular weight is 395 g/mol. The van der Waals surface area contributed by atoms with E-state index in [9.17, 15) is 9.18 Å². The van der Waals surface area contributed by atoms with Crippen molar-refractivity contribution in [1.82, 2.24) is 20.2 Å². The predicted molar refractivity (Wildman–Crippen MR) is 104 cm³/mol. The highest BCUT2D eigenvalue weighted by Gasteiger charge is 2.36. The Morgan fingerprint density at radius 2 is 1.83 bits per heavy atom. The fourth-order valence-corrected chi connectivity index (χ4v) is 4.07. The Kier molecular flexibility index (Phi) is 5.62. The zero-order valence-electron chi connectivity index (χ0n) is 16.0. The SMILES string of the molecule is NC(=O)C1CC[NH+]([C@H](c2ccc(F)cc2)c2nnnn2Cc2ccccc2)CC1. The third-order valence-electron chi connectivity index (χ3n) is 5.63. The minimum absolute atomic E-state index is 0.0899. The highest BCUT2D eigenvalue weighted by atomic mass is 19.1. The van der Waals surface area contributed by atoms with Crippen molar-refractivity contribution in [2.75, 3.05) is 13.1 Å². The van der Waals surface area contributed by atoms with Crippen LogP contribution in [0.4, 0.5) is 4.39 Å². The van der Waals surface area contributed by atoms with Crippen LogP contribution in [0.25, 0.3) is 0 Å². The number of rotatable bonds is 6. The van der Waals surface area contributed by atoms with Gasteiger partial charge in [-0.3, -0.25) is 4.79 Å². The molecule has 0 spiro atoms. The lowest BCUT2D eigenvalue weighted by molar-refractivity contribution is -0.931. The molecule has 7 nitrogen and oxygen atoms in total. The van der Waals surface area contributed by atoms with E-state index in [1.54, 1.807) is 16.8 Å². The average Bonchev–Trinajstić information content (AvgIpc) is 3.18. The molecule has 0 radical (unpaired) electrons. The van der Waals surface area contributed by atoms with E-state index in [0.717, 1.165) is 42.9 Å². The van der Waals surface area contributed by atoms with Crippen LogP contribution in [0.1, 0.15) is 35.8 Å². The first-order chi connectivity index (χ1) is 14.1. The van der Waals surface area contributed by atoms with Crippen LogP contribution in [0.2, 0.25) is 0 Å². The Hall–Kier alpha value is -3.13. The van der Waals surface area contributed by atoms with Crippen molar-refractivity contribution in [3.05, 3.63) is 77.4 Å². The van der Waals surface area contributed by atoms with Gasteiger partial charge in [0.1, 0.15) is 5.82 Å². The summed E-state index contributed by atoms with van der Waals surface area (Å²) < 4.78 is 15.3. The number of likely N-dealkylation sites (tertiary alicyclic amines) is 1. The van der Waals surface area contributed by atoms with E-state index >= 15 is 0 Å². The first-order valence-corrected chi connectivity index (χ1v) is 9.81. The normalized spacial score (nSPS) is 20.3. The largest absolute Gasteiger partial charge is 0.369 e. The molecule has 29 heavy (non-hydrogen) atoms. The van der Waals surface area contributed by atoms with Crippen LogP contribution in [-0.2, 0) is 11.3 Å². The fraction of sp³-hybridized carbons (Fsp3) is 0.333. The Morgan fingerprint density at radius 3 is 2.48 bits per heavy atom. The van der Waals surface area contributed by atoms with Gasteiger partial charge >= 0.3 is 0 Å². The number of halogens is 1. The molecule has 3 aromatic rings. The first-order valence-electron chi connectivity index (χ1n) is 9.81. The summed E-state index contributed by atoms with van der Waals surface area (Å²) in [5.74, 6) is 0.121. The molecule has 0 bridgehead atoms. The fourth-order valence-electron chi connectivity index (χ4n) is 4.07. The van der Waals surface area contributed by atoms with Crippen molar-refractivity contribution in [3.63, 3.8) is 0 Å². The van der Waals surface area contributed by atoms with E-state index in [2.05, 4.69) is 15.5 Å². The smallest absolute Gasteiger partial charge is 0.220 e. The number of quaternary nitrogens is 1. The van der Waals surface area contributed by atoms with Gasteiger partial charge in [-0.1, -0.05) is 30.3 Å². The Morgan fingerprint density at radius 1 is 1.14 bits per heavy atom. The van der Waals surface area contributed by atoms with Crippen LogP contribution in [0, 0.1) is 11.7 Å². The van der Waals surface area contributed by atoms with Crippen molar-refractivity contribution in [2.45, 2.75) is 25.4 Å². The highest BCUT2D eigenvalue weighted by molar-refractivity contribution is 5.76. The maximum Gasteiger partial charge on any atom is 0.220 e. The third-order valence-corrected chi connectivity index (χ3v) is 5.63. The van der Waals surface area contributed by atoms with Gasteiger partial charge in [0.25, 0.3) is 0 Å². The molecule has 4 rings (SSSR count). The van der Waals surface area contributed by atoms with E-state index in [1.165, 1.54) is 17.0 Å². The topological polar surface area (TPSA) is 91.1 Å².